The molecule has 2 aromatic rings. The Bertz CT molecular complexity index is 1410. The van der Waals surface area contributed by atoms with Crippen molar-refractivity contribution < 1.29 is 18.0 Å². The molecule has 0 aliphatic heterocycles. The molecule has 4 aliphatic carbocycles. The summed E-state index contributed by atoms with van der Waals surface area (Å²) in [4.78, 5) is 28.5. The number of hydrogen-bond acceptors (Lipinski definition) is 4. The van der Waals surface area contributed by atoms with Gasteiger partial charge >= 0.3 is 0 Å². The van der Waals surface area contributed by atoms with Crippen LogP contribution in [0, 0.1) is 17.8 Å². The Morgan fingerprint density at radius 2 is 1.49 bits per heavy atom. The van der Waals surface area contributed by atoms with Gasteiger partial charge in [-0.25, -0.2) is 8.42 Å². The van der Waals surface area contributed by atoms with Gasteiger partial charge < -0.3 is 10.2 Å². The summed E-state index contributed by atoms with van der Waals surface area (Å²) in [7, 11) is -3.83. The normalized spacial score (nSPS) is 25.7. The highest BCUT2D eigenvalue weighted by molar-refractivity contribution is 7.92. The first-order chi connectivity index (χ1) is 20.3. The highest BCUT2D eigenvalue weighted by Gasteiger charge is 2.51. The largest absolute Gasteiger partial charge is 0.352 e. The van der Waals surface area contributed by atoms with E-state index in [1.807, 2.05) is 26.0 Å². The maximum atomic E-state index is 14.0. The van der Waals surface area contributed by atoms with Gasteiger partial charge in [0.1, 0.15) is 12.6 Å². The third-order valence-corrected chi connectivity index (χ3v) is 11.9. The van der Waals surface area contributed by atoms with Crippen molar-refractivity contribution in [3.05, 3.63) is 63.6 Å². The van der Waals surface area contributed by atoms with Crippen molar-refractivity contribution in [2.45, 2.75) is 89.8 Å². The van der Waals surface area contributed by atoms with Crippen LogP contribution in [-0.4, -0.2) is 50.0 Å². The van der Waals surface area contributed by atoms with Crippen molar-refractivity contribution in [2.75, 3.05) is 17.1 Å². The van der Waals surface area contributed by atoms with Gasteiger partial charge in [-0.2, -0.15) is 0 Å². The third kappa shape index (κ3) is 6.86. The maximum Gasteiger partial charge on any atom is 0.244 e. The van der Waals surface area contributed by atoms with Crippen LogP contribution in [-0.2, 0) is 31.6 Å². The second-order valence-electron chi connectivity index (χ2n) is 13.2. The van der Waals surface area contributed by atoms with Gasteiger partial charge in [-0.3, -0.25) is 13.9 Å². The van der Waals surface area contributed by atoms with Crippen molar-refractivity contribution in [3.63, 3.8) is 0 Å². The minimum Gasteiger partial charge on any atom is -0.352 e. The molecule has 0 radical (unpaired) electrons. The zero-order chi connectivity index (χ0) is 31.1. The van der Waals surface area contributed by atoms with Gasteiger partial charge in [0.15, 0.2) is 0 Å². The van der Waals surface area contributed by atoms with Crippen molar-refractivity contribution in [1.82, 2.24) is 10.2 Å². The molecular formula is C33H43Cl2N3O4S. The molecule has 0 saturated heterocycles. The summed E-state index contributed by atoms with van der Waals surface area (Å²) in [5, 5.41) is 3.65. The predicted octanol–water partition coefficient (Wildman–Crippen LogP) is 6.56. The predicted molar refractivity (Wildman–Crippen MR) is 173 cm³/mol. The lowest BCUT2D eigenvalue weighted by atomic mass is 9.48. The van der Waals surface area contributed by atoms with E-state index in [9.17, 15) is 18.0 Å². The quantitative estimate of drug-likeness (QED) is 0.299. The number of benzene rings is 2. The van der Waals surface area contributed by atoms with Gasteiger partial charge in [-0.1, -0.05) is 48.3 Å². The second-order valence-corrected chi connectivity index (χ2v) is 16.0. The molecule has 0 aromatic heterocycles. The van der Waals surface area contributed by atoms with Crippen molar-refractivity contribution in [2.24, 2.45) is 17.8 Å². The fourth-order valence-electron chi connectivity index (χ4n) is 7.96. The molecule has 43 heavy (non-hydrogen) atoms. The molecule has 0 spiro atoms. The molecule has 4 fully saturated rings. The van der Waals surface area contributed by atoms with Crippen molar-refractivity contribution >= 4 is 50.7 Å². The third-order valence-electron chi connectivity index (χ3n) is 10.0. The summed E-state index contributed by atoms with van der Waals surface area (Å²) in [5.74, 6) is 1.53. The molecule has 1 N–H and O–H groups in total. The van der Waals surface area contributed by atoms with Crippen molar-refractivity contribution in [3.8, 4) is 0 Å². The number of rotatable bonds is 11. The van der Waals surface area contributed by atoms with Crippen LogP contribution in [0.2, 0.25) is 10.0 Å². The van der Waals surface area contributed by atoms with E-state index in [4.69, 9.17) is 23.2 Å². The molecule has 4 bridgehead atoms. The van der Waals surface area contributed by atoms with E-state index in [0.717, 1.165) is 34.7 Å². The van der Waals surface area contributed by atoms with Crippen LogP contribution in [0.4, 0.5) is 5.69 Å². The van der Waals surface area contributed by atoms with E-state index in [-0.39, 0.29) is 23.9 Å². The number of carbonyl (C=O) groups is 2. The van der Waals surface area contributed by atoms with Crippen LogP contribution >= 0.6 is 23.2 Å². The number of halogens is 2. The van der Waals surface area contributed by atoms with Crippen LogP contribution in [0.3, 0.4) is 0 Å². The van der Waals surface area contributed by atoms with E-state index in [1.54, 1.807) is 25.1 Å². The van der Waals surface area contributed by atoms with Gasteiger partial charge in [0, 0.05) is 28.2 Å². The number of carbonyl (C=O) groups excluding carboxylic acids is 2. The number of hydrogen-bond donors (Lipinski definition) is 1. The molecule has 7 nitrogen and oxygen atoms in total. The summed E-state index contributed by atoms with van der Waals surface area (Å²) in [5.41, 5.74) is 2.38. The Labute approximate surface area is 266 Å². The highest BCUT2D eigenvalue weighted by Crippen LogP contribution is 2.60. The molecule has 234 valence electrons. The lowest BCUT2D eigenvalue weighted by molar-refractivity contribution is -0.139. The molecule has 4 aliphatic rings. The highest BCUT2D eigenvalue weighted by atomic mass is 35.5. The molecule has 10 heteroatoms. The summed E-state index contributed by atoms with van der Waals surface area (Å²) in [6.07, 6.45) is 9.51. The van der Waals surface area contributed by atoms with Crippen molar-refractivity contribution in [1.29, 1.82) is 0 Å². The number of nitrogens with zero attached hydrogens (tertiary/aromatic N) is 2. The lowest BCUT2D eigenvalue weighted by Crippen LogP contribution is -2.52. The molecule has 2 aromatic carbocycles. The first-order valence-corrected chi connectivity index (χ1v) is 18.0. The molecule has 6 rings (SSSR count). The number of amides is 2. The topological polar surface area (TPSA) is 86.8 Å². The minimum absolute atomic E-state index is 0.0466. The number of nitrogens with one attached hydrogen (secondary N) is 1. The Morgan fingerprint density at radius 3 is 1.98 bits per heavy atom. The van der Waals surface area contributed by atoms with E-state index in [0.29, 0.717) is 21.3 Å². The molecule has 2 atom stereocenters. The van der Waals surface area contributed by atoms with E-state index < -0.39 is 28.5 Å². The summed E-state index contributed by atoms with van der Waals surface area (Å²) >= 11 is 12.9. The monoisotopic (exact) mass is 647 g/mol. The zero-order valence-corrected chi connectivity index (χ0v) is 27.8. The number of anilines is 1. The average Bonchev–Trinajstić information content (AvgIpc) is 2.94. The number of sulfonamides is 1. The lowest BCUT2D eigenvalue weighted by Gasteiger charge is -2.57. The van der Waals surface area contributed by atoms with E-state index >= 15 is 0 Å². The van der Waals surface area contributed by atoms with Crippen LogP contribution in [0.5, 0.6) is 0 Å². The molecule has 2 amide bonds. The van der Waals surface area contributed by atoms with Crippen LogP contribution < -0.4 is 9.62 Å². The molecule has 4 saturated carbocycles. The maximum absolute atomic E-state index is 14.0. The van der Waals surface area contributed by atoms with Crippen LogP contribution in [0.1, 0.15) is 76.8 Å². The van der Waals surface area contributed by atoms with Gasteiger partial charge in [-0.15, -0.1) is 0 Å². The Hall–Kier alpha value is -2.29. The SMILES string of the molecule is CC[C@@H](C)NC(=O)[C@@H](C)N(Cc1c(Cl)cccc1Cl)C(=O)CN(c1ccc(C23CC4CC(CC(C4)C2)C3)cc1)S(C)(=O)=O. The Kier molecular flexibility index (Phi) is 9.41. The van der Waals surface area contributed by atoms with E-state index in [1.165, 1.54) is 49.0 Å². The summed E-state index contributed by atoms with van der Waals surface area (Å²) in [6, 6.07) is 11.9. The van der Waals surface area contributed by atoms with Crippen LogP contribution in [0.15, 0.2) is 42.5 Å². The van der Waals surface area contributed by atoms with Gasteiger partial charge in [-0.05, 0) is 112 Å². The van der Waals surface area contributed by atoms with Gasteiger partial charge in [0.05, 0.1) is 11.9 Å². The summed E-state index contributed by atoms with van der Waals surface area (Å²) < 4.78 is 27.3. The zero-order valence-electron chi connectivity index (χ0n) is 25.5. The van der Waals surface area contributed by atoms with E-state index in [2.05, 4.69) is 17.4 Å². The van der Waals surface area contributed by atoms with Gasteiger partial charge in [0.25, 0.3) is 0 Å². The first kappa shape index (κ1) is 32.1. The molecular weight excluding hydrogens is 605 g/mol. The molecule has 0 heterocycles. The standard InChI is InChI=1S/C33H43Cl2N3O4S/c1-5-21(2)36-32(40)22(3)37(19-28-29(34)7-6-8-30(28)35)31(39)20-38(43(4,41)42)27-11-9-26(10-12-27)33-16-23-13-24(17-33)15-25(14-23)18-33/h6-12,21-25H,5,13-20H2,1-4H3,(H,36,40)/t21-,22-,23?,24?,25?,33?/m1/s1. The van der Waals surface area contributed by atoms with Crippen LogP contribution in [0.25, 0.3) is 0 Å². The Balaban J connectivity index is 1.41. The fraction of sp³-hybridized carbons (Fsp3) is 0.576. The second kappa shape index (κ2) is 12.6. The molecule has 0 unspecified atom stereocenters. The summed E-state index contributed by atoms with van der Waals surface area (Å²) in [6.45, 7) is 4.97. The average molecular weight is 649 g/mol. The Morgan fingerprint density at radius 1 is 0.953 bits per heavy atom. The first-order valence-electron chi connectivity index (χ1n) is 15.4. The van der Waals surface area contributed by atoms with Gasteiger partial charge in [0.2, 0.25) is 21.8 Å². The smallest absolute Gasteiger partial charge is 0.244 e. The minimum atomic E-state index is -3.83. The fourth-order valence-corrected chi connectivity index (χ4v) is 9.33.